The number of fused-ring (bicyclic) bond motifs is 28. The zero-order chi connectivity index (χ0) is 70.4. The fourth-order valence-corrected chi connectivity index (χ4v) is 19.3. The summed E-state index contributed by atoms with van der Waals surface area (Å²) in [6, 6.07) is 115. The van der Waals surface area contributed by atoms with Crippen LogP contribution in [-0.2, 0) is 0 Å². The summed E-state index contributed by atoms with van der Waals surface area (Å²) in [6.07, 6.45) is 0. The van der Waals surface area contributed by atoms with Crippen LogP contribution in [0.1, 0.15) is 0 Å². The molecular weight excluding hydrogens is 1370 g/mol. The van der Waals surface area contributed by atoms with E-state index in [0.29, 0.717) is 17.4 Å². The average Bonchev–Trinajstić information content (AvgIpc) is 1.55. The first-order chi connectivity index (χ1) is 53.0. The van der Waals surface area contributed by atoms with Gasteiger partial charge in [0.05, 0.1) is 38.7 Å². The Balaban J connectivity index is 0.000000111. The van der Waals surface area contributed by atoms with Gasteiger partial charge in [-0.05, 0) is 91.8 Å². The van der Waals surface area contributed by atoms with Crippen LogP contribution in [0.5, 0.6) is 0 Å². The number of benzene rings is 16. The molecule has 500 valence electrons. The number of halogens is 1. The van der Waals surface area contributed by atoms with Crippen LogP contribution in [0.25, 0.3) is 222 Å². The predicted molar refractivity (Wildman–Crippen MR) is 451 cm³/mol. The van der Waals surface area contributed by atoms with Crippen LogP contribution in [0.4, 0.5) is 0 Å². The molecule has 0 aliphatic heterocycles. The lowest BCUT2D eigenvalue weighted by Gasteiger charge is -2.12. The van der Waals surface area contributed by atoms with Crippen LogP contribution in [0.3, 0.4) is 0 Å². The van der Waals surface area contributed by atoms with Gasteiger partial charge in [-0.15, -0.1) is 22.7 Å². The van der Waals surface area contributed by atoms with Crippen molar-refractivity contribution in [1.82, 2.24) is 29.5 Å². The van der Waals surface area contributed by atoms with Crippen molar-refractivity contribution in [1.29, 1.82) is 0 Å². The van der Waals surface area contributed by atoms with E-state index in [4.69, 9.17) is 30.4 Å². The summed E-state index contributed by atoms with van der Waals surface area (Å²) < 4.78 is 20.1. The van der Waals surface area contributed by atoms with Gasteiger partial charge in [0, 0.05) is 111 Å². The Bertz CT molecular complexity index is 7680. The normalized spacial score (nSPS) is 12.0. The van der Waals surface area contributed by atoms with Gasteiger partial charge in [-0.1, -0.05) is 291 Å². The van der Waals surface area contributed by atoms with Gasteiger partial charge in [-0.3, -0.25) is 4.57 Å². The predicted octanol–water partition coefficient (Wildman–Crippen LogP) is 27.8. The number of aromatic nitrogens is 6. The van der Waals surface area contributed by atoms with Crippen molar-refractivity contribution in [3.8, 4) is 50.7 Å². The second-order valence-electron chi connectivity index (χ2n) is 27.2. The second-order valence-corrected chi connectivity index (χ2v) is 29.6. The van der Waals surface area contributed by atoms with Gasteiger partial charge in [0.15, 0.2) is 0 Å². The summed E-state index contributed by atoms with van der Waals surface area (Å²) in [4.78, 5) is 23.3. The van der Waals surface area contributed by atoms with Crippen LogP contribution >= 0.6 is 34.3 Å². The number of hydrogen-bond acceptors (Lipinski definition) is 8. The topological polar surface area (TPSA) is 98.6 Å². The molecule has 0 amide bonds. The van der Waals surface area contributed by atoms with Gasteiger partial charge in [0.2, 0.25) is 22.7 Å². The summed E-state index contributed by atoms with van der Waals surface area (Å²) in [5.41, 5.74) is 15.6. The van der Waals surface area contributed by atoms with Gasteiger partial charge < -0.3 is 13.8 Å². The Morgan fingerprint density at radius 1 is 0.299 bits per heavy atom. The second kappa shape index (κ2) is 24.4. The molecule has 0 aliphatic carbocycles. The molecule has 0 aliphatic rings. The van der Waals surface area contributed by atoms with Crippen LogP contribution in [0.2, 0.25) is 5.28 Å². The van der Waals surface area contributed by atoms with Crippen molar-refractivity contribution in [2.45, 2.75) is 0 Å². The highest BCUT2D eigenvalue weighted by Crippen LogP contribution is 2.50. The Hall–Kier alpha value is -13.4. The number of nitrogens with zero attached hydrogens (tertiary/aromatic N) is 5. The van der Waals surface area contributed by atoms with Gasteiger partial charge in [0.25, 0.3) is 0 Å². The van der Waals surface area contributed by atoms with E-state index >= 15 is 0 Å². The fraction of sp³-hybridized carbons (Fsp3) is 0. The maximum absolute atomic E-state index is 6.56. The van der Waals surface area contributed by atoms with Crippen molar-refractivity contribution in [2.24, 2.45) is 0 Å². The number of furan rings is 2. The molecule has 11 heteroatoms. The maximum atomic E-state index is 6.56. The molecule has 0 saturated carbocycles. The lowest BCUT2D eigenvalue weighted by Crippen LogP contribution is -2.03. The number of rotatable bonds is 5. The largest absolute Gasteiger partial charge is 0.438 e. The molecule has 8 nitrogen and oxygen atoms in total. The third-order valence-corrected chi connectivity index (χ3v) is 23.9. The first-order valence-corrected chi connectivity index (χ1v) is 37.7. The summed E-state index contributed by atoms with van der Waals surface area (Å²) >= 11 is 9.98. The van der Waals surface area contributed by atoms with Crippen molar-refractivity contribution in [2.75, 3.05) is 0 Å². The fourth-order valence-electron chi connectivity index (χ4n) is 16.6. The van der Waals surface area contributed by atoms with Crippen LogP contribution in [-0.4, -0.2) is 29.5 Å². The molecule has 1 N–H and O–H groups in total. The van der Waals surface area contributed by atoms with Crippen LogP contribution < -0.4 is 0 Å². The van der Waals surface area contributed by atoms with Gasteiger partial charge in [-0.2, -0.15) is 9.97 Å². The first kappa shape index (κ1) is 61.2. The summed E-state index contributed by atoms with van der Waals surface area (Å²) in [7, 11) is 0. The van der Waals surface area contributed by atoms with Gasteiger partial charge in [-0.25, -0.2) is 9.97 Å². The maximum Gasteiger partial charge on any atom is 0.238 e. The van der Waals surface area contributed by atoms with E-state index in [1.165, 1.54) is 127 Å². The number of para-hydroxylation sites is 4. The number of aromatic amines is 1. The molecule has 0 bridgehead atoms. The molecule has 107 heavy (non-hydrogen) atoms. The zero-order valence-electron chi connectivity index (χ0n) is 56.9. The molecular formula is C96H55ClN6O2S2. The molecule has 0 saturated heterocycles. The highest BCUT2D eigenvalue weighted by atomic mass is 35.5. The van der Waals surface area contributed by atoms with E-state index in [-0.39, 0.29) is 5.28 Å². The minimum absolute atomic E-state index is 0.176. The monoisotopic (exact) mass is 1420 g/mol. The molecule has 8 heterocycles. The van der Waals surface area contributed by atoms with Crippen molar-refractivity contribution >= 4 is 205 Å². The highest BCUT2D eigenvalue weighted by molar-refractivity contribution is 7.27. The Morgan fingerprint density at radius 2 is 0.720 bits per heavy atom. The van der Waals surface area contributed by atoms with E-state index in [2.05, 4.69) is 305 Å². The highest BCUT2D eigenvalue weighted by Gasteiger charge is 2.27. The third-order valence-electron chi connectivity index (χ3n) is 21.3. The number of nitrogens with one attached hydrogen (secondary N) is 1. The van der Waals surface area contributed by atoms with E-state index in [1.54, 1.807) is 0 Å². The SMILES string of the molecule is Clc1nc(-c2ccc(-c3cccc4ccccc34)cc2)c2c(n1)oc1ccccc12.c1ccc2c(-c3ccc(-c4nc(-n5c6ccccc6c6c7c8ccccc8sc7c7ccccc7c65)nc5oc6ccccc6c45)cc3)cccc2c1.c1ccc2c(c1)[nH]c1c3ccccc3c3sc4ccccc4c3c21. The van der Waals surface area contributed by atoms with E-state index in [1.807, 2.05) is 65.1 Å². The quantitative estimate of drug-likeness (QED) is 0.172. The standard InChI is InChI=1S/C48H27N3OS.C26H15ClN2O.C22H13NS/c1-2-14-31-28(12-1)13-11-20-32(31)29-24-26-30(27-25-29)44-43-36-18-6-9-22-39(36)52-47(43)50-48(49-44)51-38-21-8-5-17-35(38)41-42-37-19-7-10-23-40(37)53-46(42)34-16-4-3-15-33(34)45(41)51;27-26-28-24(23-21-9-3-4-11-22(21)30-25(23)29-26)18-14-12-17(13-15-18)20-10-5-7-16-6-1-2-8-19(16)20;1-2-8-14-13(7-1)21-19(15-9-3-5-11-17(15)23-21)20-16-10-4-6-12-18(16)24-22(14)20/h1-27H;1-15H;1-12,23H. The molecule has 0 spiro atoms. The molecule has 0 atom stereocenters. The van der Waals surface area contributed by atoms with Crippen molar-refractivity contribution in [3.63, 3.8) is 0 Å². The van der Waals surface area contributed by atoms with Gasteiger partial charge in [0.1, 0.15) is 11.2 Å². The third kappa shape index (κ3) is 9.67. The number of thiophene rings is 2. The molecule has 8 aromatic heterocycles. The molecule has 24 aromatic rings. The van der Waals surface area contributed by atoms with Crippen molar-refractivity contribution in [3.05, 3.63) is 333 Å². The smallest absolute Gasteiger partial charge is 0.238 e. The van der Waals surface area contributed by atoms with E-state index < -0.39 is 0 Å². The lowest BCUT2D eigenvalue weighted by atomic mass is 9.96. The van der Waals surface area contributed by atoms with Crippen molar-refractivity contribution < 1.29 is 8.83 Å². The van der Waals surface area contributed by atoms with E-state index in [9.17, 15) is 0 Å². The Morgan fingerprint density at radius 3 is 1.31 bits per heavy atom. The average molecular weight is 1420 g/mol. The first-order valence-electron chi connectivity index (χ1n) is 35.7. The van der Waals surface area contributed by atoms with E-state index in [0.717, 1.165) is 77.4 Å². The minimum Gasteiger partial charge on any atom is -0.438 e. The molecule has 24 rings (SSSR count). The van der Waals surface area contributed by atoms with Gasteiger partial charge >= 0.3 is 0 Å². The Labute approximate surface area is 622 Å². The lowest BCUT2D eigenvalue weighted by molar-refractivity contribution is 0.651. The Kier molecular flexibility index (Phi) is 13.9. The molecule has 0 radical (unpaired) electrons. The van der Waals surface area contributed by atoms with Crippen LogP contribution in [0, 0.1) is 0 Å². The molecule has 16 aromatic carbocycles. The summed E-state index contributed by atoms with van der Waals surface area (Å²) in [6.45, 7) is 0. The zero-order valence-corrected chi connectivity index (χ0v) is 59.3. The molecule has 0 unspecified atom stereocenters. The molecule has 0 fully saturated rings. The van der Waals surface area contributed by atoms with Crippen LogP contribution in [0.15, 0.2) is 336 Å². The number of hydrogen-bond donors (Lipinski definition) is 1. The number of H-pyrrole nitrogens is 1. The summed E-state index contributed by atoms with van der Waals surface area (Å²) in [5, 5.41) is 24.3. The minimum atomic E-state index is 0.176. The summed E-state index contributed by atoms with van der Waals surface area (Å²) in [5.74, 6) is 0.583.